The lowest BCUT2D eigenvalue weighted by Crippen LogP contribution is -2.43. The zero-order chi connectivity index (χ0) is 12.3. The van der Waals surface area contributed by atoms with Crippen molar-refractivity contribution >= 4 is 0 Å². The molecule has 17 heavy (non-hydrogen) atoms. The number of nitrogens with one attached hydrogen (secondary N) is 1. The van der Waals surface area contributed by atoms with Crippen LogP contribution < -0.4 is 10.1 Å². The van der Waals surface area contributed by atoms with Crippen molar-refractivity contribution in [3.05, 3.63) is 29.8 Å². The molecule has 0 amide bonds. The Morgan fingerprint density at radius 1 is 1.24 bits per heavy atom. The second-order valence-electron chi connectivity index (χ2n) is 4.41. The highest BCUT2D eigenvalue weighted by atomic mass is 19.1. The lowest BCUT2D eigenvalue weighted by atomic mass is 9.92. The zero-order valence-electron chi connectivity index (χ0n) is 9.88. The summed E-state index contributed by atoms with van der Waals surface area (Å²) in [5.74, 6) is -0.970. The lowest BCUT2D eigenvalue weighted by Gasteiger charge is -2.31. The Morgan fingerprint density at radius 2 is 2.00 bits per heavy atom. The van der Waals surface area contributed by atoms with Crippen LogP contribution in [0.15, 0.2) is 18.2 Å². The fourth-order valence-electron chi connectivity index (χ4n) is 2.30. The largest absolute Gasteiger partial charge is 0.486 e. The van der Waals surface area contributed by atoms with Gasteiger partial charge in [0.1, 0.15) is 11.9 Å². The first kappa shape index (κ1) is 12.3. The summed E-state index contributed by atoms with van der Waals surface area (Å²) >= 11 is 0. The summed E-state index contributed by atoms with van der Waals surface area (Å²) in [4.78, 5) is 0. The number of hydrogen-bond donors (Lipinski definition) is 1. The molecule has 0 heterocycles. The van der Waals surface area contributed by atoms with E-state index < -0.39 is 11.6 Å². The molecule has 2 nitrogen and oxygen atoms in total. The number of rotatable bonds is 3. The van der Waals surface area contributed by atoms with Gasteiger partial charge in [0, 0.05) is 12.1 Å². The molecule has 1 fully saturated rings. The first-order valence-electron chi connectivity index (χ1n) is 5.99. The van der Waals surface area contributed by atoms with Crippen molar-refractivity contribution in [3.8, 4) is 5.75 Å². The number of likely N-dealkylation sites (N-methyl/N-ethyl adjacent to an activating group) is 1. The van der Waals surface area contributed by atoms with E-state index in [-0.39, 0.29) is 17.9 Å². The number of hydrogen-bond acceptors (Lipinski definition) is 2. The molecule has 1 aromatic rings. The van der Waals surface area contributed by atoms with Gasteiger partial charge < -0.3 is 10.1 Å². The number of halogens is 2. The van der Waals surface area contributed by atoms with Crippen molar-refractivity contribution < 1.29 is 13.5 Å². The predicted octanol–water partition coefficient (Wildman–Crippen LogP) is 2.87. The summed E-state index contributed by atoms with van der Waals surface area (Å²) in [6.07, 6.45) is 4.03. The minimum Gasteiger partial charge on any atom is -0.486 e. The first-order valence-corrected chi connectivity index (χ1v) is 5.99. The molecule has 2 unspecified atom stereocenters. The summed E-state index contributed by atoms with van der Waals surface area (Å²) in [7, 11) is 1.87. The van der Waals surface area contributed by atoms with E-state index in [1.54, 1.807) is 0 Å². The second kappa shape index (κ2) is 5.45. The quantitative estimate of drug-likeness (QED) is 0.878. The molecule has 1 aliphatic carbocycles. The standard InChI is InChI=1S/C13H17F2NO/c1-16-11-4-2-3-5-12(11)17-13-8-9(14)6-7-10(13)15/h6-8,11-12,16H,2-5H2,1H3. The van der Waals surface area contributed by atoms with E-state index in [4.69, 9.17) is 4.74 Å². The van der Waals surface area contributed by atoms with Crippen molar-refractivity contribution in [2.75, 3.05) is 7.05 Å². The van der Waals surface area contributed by atoms with Gasteiger partial charge in [-0.25, -0.2) is 8.78 Å². The molecular formula is C13H17F2NO. The fourth-order valence-corrected chi connectivity index (χ4v) is 2.30. The summed E-state index contributed by atoms with van der Waals surface area (Å²) in [5, 5.41) is 3.17. The Bertz CT molecular complexity index is 384. The molecule has 1 aliphatic rings. The third-order valence-electron chi connectivity index (χ3n) is 3.24. The molecule has 0 aliphatic heterocycles. The molecule has 1 saturated carbocycles. The first-order chi connectivity index (χ1) is 8.20. The van der Waals surface area contributed by atoms with Gasteiger partial charge in [0.25, 0.3) is 0 Å². The molecule has 0 spiro atoms. The predicted molar refractivity (Wildman–Crippen MR) is 62.1 cm³/mol. The molecule has 1 aromatic carbocycles. The average Bonchev–Trinajstić information content (AvgIpc) is 2.34. The molecular weight excluding hydrogens is 224 g/mol. The molecule has 4 heteroatoms. The fraction of sp³-hybridized carbons (Fsp3) is 0.538. The normalized spacial score (nSPS) is 24.6. The minimum absolute atomic E-state index is 0.0113. The molecule has 1 N–H and O–H groups in total. The van der Waals surface area contributed by atoms with Gasteiger partial charge in [-0.05, 0) is 38.4 Å². The van der Waals surface area contributed by atoms with E-state index in [9.17, 15) is 8.78 Å². The Hall–Kier alpha value is -1.16. The van der Waals surface area contributed by atoms with Crippen LogP contribution in [-0.4, -0.2) is 19.2 Å². The second-order valence-corrected chi connectivity index (χ2v) is 4.41. The van der Waals surface area contributed by atoms with Crippen LogP contribution in [0.25, 0.3) is 0 Å². The van der Waals surface area contributed by atoms with Crippen LogP contribution in [0.2, 0.25) is 0 Å². The maximum absolute atomic E-state index is 13.4. The molecule has 0 bridgehead atoms. The average molecular weight is 241 g/mol. The molecule has 0 radical (unpaired) electrons. The molecule has 0 aromatic heterocycles. The third-order valence-corrected chi connectivity index (χ3v) is 3.24. The van der Waals surface area contributed by atoms with Crippen LogP contribution in [0, 0.1) is 11.6 Å². The van der Waals surface area contributed by atoms with Gasteiger partial charge >= 0.3 is 0 Å². The molecule has 94 valence electrons. The Morgan fingerprint density at radius 3 is 2.76 bits per heavy atom. The van der Waals surface area contributed by atoms with Gasteiger partial charge in [-0.2, -0.15) is 0 Å². The molecule has 0 saturated heterocycles. The highest BCUT2D eigenvalue weighted by Crippen LogP contribution is 2.26. The number of benzene rings is 1. The summed E-state index contributed by atoms with van der Waals surface area (Å²) in [5.41, 5.74) is 0. The van der Waals surface area contributed by atoms with Gasteiger partial charge in [-0.1, -0.05) is 6.42 Å². The maximum atomic E-state index is 13.4. The monoisotopic (exact) mass is 241 g/mol. The Balaban J connectivity index is 2.10. The van der Waals surface area contributed by atoms with Gasteiger partial charge in [0.2, 0.25) is 0 Å². The van der Waals surface area contributed by atoms with Crippen LogP contribution in [0.5, 0.6) is 5.75 Å². The van der Waals surface area contributed by atoms with E-state index in [1.807, 2.05) is 7.05 Å². The summed E-state index contributed by atoms with van der Waals surface area (Å²) in [6, 6.07) is 3.52. The van der Waals surface area contributed by atoms with Crippen LogP contribution in [-0.2, 0) is 0 Å². The Kier molecular flexibility index (Phi) is 3.94. The molecule has 2 rings (SSSR count). The smallest absolute Gasteiger partial charge is 0.165 e. The Labute approximate surface area is 100.0 Å². The van der Waals surface area contributed by atoms with Gasteiger partial charge in [0.05, 0.1) is 0 Å². The topological polar surface area (TPSA) is 21.3 Å². The van der Waals surface area contributed by atoms with Crippen LogP contribution in [0.1, 0.15) is 25.7 Å². The summed E-state index contributed by atoms with van der Waals surface area (Å²) < 4.78 is 32.1. The highest BCUT2D eigenvalue weighted by Gasteiger charge is 2.26. The van der Waals surface area contributed by atoms with Crippen molar-refractivity contribution in [2.24, 2.45) is 0 Å². The van der Waals surface area contributed by atoms with E-state index in [2.05, 4.69) is 5.32 Å². The van der Waals surface area contributed by atoms with Crippen molar-refractivity contribution in [3.63, 3.8) is 0 Å². The zero-order valence-corrected chi connectivity index (χ0v) is 9.88. The summed E-state index contributed by atoms with van der Waals surface area (Å²) in [6.45, 7) is 0. The van der Waals surface area contributed by atoms with Gasteiger partial charge in [-0.3, -0.25) is 0 Å². The van der Waals surface area contributed by atoms with Gasteiger partial charge in [0.15, 0.2) is 11.6 Å². The third kappa shape index (κ3) is 2.94. The maximum Gasteiger partial charge on any atom is 0.165 e. The van der Waals surface area contributed by atoms with Crippen LogP contribution in [0.3, 0.4) is 0 Å². The van der Waals surface area contributed by atoms with Crippen molar-refractivity contribution in [1.82, 2.24) is 5.32 Å². The number of ether oxygens (including phenoxy) is 1. The van der Waals surface area contributed by atoms with Gasteiger partial charge in [-0.15, -0.1) is 0 Å². The van der Waals surface area contributed by atoms with Crippen LogP contribution in [0.4, 0.5) is 8.78 Å². The van der Waals surface area contributed by atoms with E-state index in [0.29, 0.717) is 0 Å². The van der Waals surface area contributed by atoms with Crippen LogP contribution >= 0.6 is 0 Å². The minimum atomic E-state index is -0.508. The SMILES string of the molecule is CNC1CCCCC1Oc1cc(F)ccc1F. The lowest BCUT2D eigenvalue weighted by molar-refractivity contribution is 0.113. The highest BCUT2D eigenvalue weighted by molar-refractivity contribution is 5.25. The molecule has 2 atom stereocenters. The van der Waals surface area contributed by atoms with E-state index >= 15 is 0 Å². The van der Waals surface area contributed by atoms with E-state index in [1.165, 1.54) is 0 Å². The van der Waals surface area contributed by atoms with Crippen molar-refractivity contribution in [2.45, 2.75) is 37.8 Å². The van der Waals surface area contributed by atoms with Crippen molar-refractivity contribution in [1.29, 1.82) is 0 Å². The van der Waals surface area contributed by atoms with E-state index in [0.717, 1.165) is 43.9 Å².